The molecule has 0 aromatic carbocycles. The van der Waals surface area contributed by atoms with Gasteiger partial charge >= 0.3 is 0 Å². The summed E-state index contributed by atoms with van der Waals surface area (Å²) in [5, 5.41) is 11.0. The average Bonchev–Trinajstić information content (AvgIpc) is 2.72. The quantitative estimate of drug-likeness (QED) is 0.860. The summed E-state index contributed by atoms with van der Waals surface area (Å²) in [6.45, 7) is 2.75. The van der Waals surface area contributed by atoms with Crippen molar-refractivity contribution in [3.05, 3.63) is 41.7 Å². The summed E-state index contributed by atoms with van der Waals surface area (Å²) in [6, 6.07) is 1.32. The van der Waals surface area contributed by atoms with Crippen molar-refractivity contribution in [3.8, 4) is 0 Å². The third-order valence-electron chi connectivity index (χ3n) is 2.51. The Morgan fingerprint density at radius 2 is 2.24 bits per heavy atom. The van der Waals surface area contributed by atoms with Crippen LogP contribution in [0.3, 0.4) is 0 Å². The summed E-state index contributed by atoms with van der Waals surface area (Å²) in [6.07, 6.45) is 4.50. The van der Waals surface area contributed by atoms with Gasteiger partial charge in [0, 0.05) is 13.2 Å². The van der Waals surface area contributed by atoms with Crippen molar-refractivity contribution in [1.82, 2.24) is 25.3 Å². The molecule has 0 saturated carbocycles. The average molecular weight is 235 g/mol. The van der Waals surface area contributed by atoms with E-state index in [1.807, 2.05) is 6.92 Å². The lowest BCUT2D eigenvalue weighted by Gasteiger charge is -2.17. The van der Waals surface area contributed by atoms with E-state index in [4.69, 9.17) is 0 Å². The van der Waals surface area contributed by atoms with Gasteiger partial charge in [-0.2, -0.15) is 0 Å². The van der Waals surface area contributed by atoms with Crippen LogP contribution in [-0.2, 0) is 7.05 Å². The molecule has 0 spiro atoms. The third-order valence-corrected chi connectivity index (χ3v) is 2.51. The molecule has 1 unspecified atom stereocenters. The molecule has 0 aliphatic heterocycles. The minimum atomic E-state index is -0.347. The summed E-state index contributed by atoms with van der Waals surface area (Å²) in [4.78, 5) is 3.86. The van der Waals surface area contributed by atoms with Gasteiger partial charge < -0.3 is 5.32 Å². The van der Waals surface area contributed by atoms with E-state index in [2.05, 4.69) is 20.6 Å². The highest BCUT2D eigenvalue weighted by Crippen LogP contribution is 2.20. The lowest BCUT2D eigenvalue weighted by molar-refractivity contribution is 0.558. The number of halogens is 1. The van der Waals surface area contributed by atoms with Crippen LogP contribution in [0.25, 0.3) is 0 Å². The molecular weight excluding hydrogens is 221 g/mol. The second-order valence-corrected chi connectivity index (χ2v) is 3.71. The van der Waals surface area contributed by atoms with Gasteiger partial charge in [0.1, 0.15) is 5.82 Å². The highest BCUT2D eigenvalue weighted by molar-refractivity contribution is 5.24. The summed E-state index contributed by atoms with van der Waals surface area (Å²) in [7, 11) is 1.80. The molecule has 1 N–H and O–H groups in total. The van der Waals surface area contributed by atoms with Gasteiger partial charge in [0.15, 0.2) is 0 Å². The molecule has 1 atom stereocenters. The van der Waals surface area contributed by atoms with Gasteiger partial charge in [0.05, 0.1) is 24.1 Å². The van der Waals surface area contributed by atoms with E-state index in [-0.39, 0.29) is 11.9 Å². The van der Waals surface area contributed by atoms with Crippen molar-refractivity contribution in [2.75, 3.05) is 6.54 Å². The molecule has 0 radical (unpaired) electrons. The van der Waals surface area contributed by atoms with Crippen molar-refractivity contribution in [1.29, 1.82) is 0 Å². The van der Waals surface area contributed by atoms with Crippen molar-refractivity contribution in [3.63, 3.8) is 0 Å². The van der Waals surface area contributed by atoms with Crippen LogP contribution in [0.4, 0.5) is 4.39 Å². The lowest BCUT2D eigenvalue weighted by atomic mass is 10.1. The Balaban J connectivity index is 2.39. The number of hydrogen-bond donors (Lipinski definition) is 1. The van der Waals surface area contributed by atoms with Gasteiger partial charge in [0.25, 0.3) is 0 Å². The number of pyridine rings is 1. The Kier molecular flexibility index (Phi) is 3.43. The Morgan fingerprint density at radius 1 is 1.41 bits per heavy atom. The van der Waals surface area contributed by atoms with E-state index in [0.717, 1.165) is 17.8 Å². The van der Waals surface area contributed by atoms with E-state index in [1.54, 1.807) is 24.1 Å². The minimum Gasteiger partial charge on any atom is -0.305 e. The predicted molar refractivity (Wildman–Crippen MR) is 60.7 cm³/mol. The van der Waals surface area contributed by atoms with Crippen molar-refractivity contribution < 1.29 is 4.39 Å². The number of nitrogens with zero attached hydrogens (tertiary/aromatic N) is 4. The van der Waals surface area contributed by atoms with Gasteiger partial charge in [-0.3, -0.25) is 9.67 Å². The van der Waals surface area contributed by atoms with Crippen molar-refractivity contribution in [2.24, 2.45) is 7.05 Å². The van der Waals surface area contributed by atoms with E-state index in [9.17, 15) is 4.39 Å². The van der Waals surface area contributed by atoms with Crippen LogP contribution in [0.5, 0.6) is 0 Å². The third kappa shape index (κ3) is 2.47. The molecule has 2 heterocycles. The van der Waals surface area contributed by atoms with E-state index in [0.29, 0.717) is 0 Å². The van der Waals surface area contributed by atoms with Crippen LogP contribution >= 0.6 is 0 Å². The normalized spacial score (nSPS) is 12.6. The van der Waals surface area contributed by atoms with Crippen molar-refractivity contribution in [2.45, 2.75) is 13.0 Å². The first-order chi connectivity index (χ1) is 8.22. The minimum absolute atomic E-state index is 0.150. The second kappa shape index (κ2) is 5.01. The largest absolute Gasteiger partial charge is 0.305 e. The number of hydrogen-bond acceptors (Lipinski definition) is 4. The first-order valence-electron chi connectivity index (χ1n) is 5.40. The summed E-state index contributed by atoms with van der Waals surface area (Å²) in [5.74, 6) is -0.347. The van der Waals surface area contributed by atoms with Crippen LogP contribution in [0.1, 0.15) is 24.2 Å². The zero-order valence-electron chi connectivity index (χ0n) is 9.76. The van der Waals surface area contributed by atoms with E-state index in [1.165, 1.54) is 12.3 Å². The SMILES string of the molecule is CCNC(c1cncc(F)c1)c1cnnn1C. The van der Waals surface area contributed by atoms with Crippen molar-refractivity contribution >= 4 is 0 Å². The standard InChI is InChI=1S/C11H14FN5/c1-3-14-11(10-7-15-16-17(10)2)8-4-9(12)6-13-5-8/h4-7,11,14H,3H2,1-2H3. The zero-order valence-corrected chi connectivity index (χ0v) is 9.76. The fourth-order valence-electron chi connectivity index (χ4n) is 1.74. The Hall–Kier alpha value is -1.82. The molecule has 6 heteroatoms. The molecule has 2 rings (SSSR count). The number of rotatable bonds is 4. The molecule has 2 aromatic rings. The summed E-state index contributed by atoms with van der Waals surface area (Å²) >= 11 is 0. The van der Waals surface area contributed by atoms with Gasteiger partial charge in [-0.05, 0) is 18.2 Å². The summed E-state index contributed by atoms with van der Waals surface area (Å²) < 4.78 is 14.8. The molecule has 2 aromatic heterocycles. The molecule has 17 heavy (non-hydrogen) atoms. The molecule has 90 valence electrons. The van der Waals surface area contributed by atoms with Gasteiger partial charge in [-0.15, -0.1) is 5.10 Å². The van der Waals surface area contributed by atoms with Crippen LogP contribution in [-0.4, -0.2) is 26.5 Å². The van der Waals surface area contributed by atoms with Crippen LogP contribution in [0.2, 0.25) is 0 Å². The first kappa shape index (κ1) is 11.7. The molecule has 0 saturated heterocycles. The molecule has 0 aliphatic rings. The van der Waals surface area contributed by atoms with Crippen LogP contribution < -0.4 is 5.32 Å². The van der Waals surface area contributed by atoms with Gasteiger partial charge in [-0.1, -0.05) is 12.1 Å². The fraction of sp³-hybridized carbons (Fsp3) is 0.364. The molecule has 5 nitrogen and oxygen atoms in total. The molecule has 0 amide bonds. The molecular formula is C11H14FN5. The molecule has 0 fully saturated rings. The van der Waals surface area contributed by atoms with Crippen LogP contribution in [0.15, 0.2) is 24.7 Å². The topological polar surface area (TPSA) is 55.6 Å². The maximum absolute atomic E-state index is 13.2. The van der Waals surface area contributed by atoms with Crippen LogP contribution in [0, 0.1) is 5.82 Å². The summed E-state index contributed by atoms with van der Waals surface area (Å²) in [5.41, 5.74) is 1.64. The fourth-order valence-corrected chi connectivity index (χ4v) is 1.74. The highest BCUT2D eigenvalue weighted by Gasteiger charge is 2.17. The number of nitrogens with one attached hydrogen (secondary N) is 1. The lowest BCUT2D eigenvalue weighted by Crippen LogP contribution is -2.24. The van der Waals surface area contributed by atoms with E-state index < -0.39 is 0 Å². The van der Waals surface area contributed by atoms with E-state index >= 15 is 0 Å². The van der Waals surface area contributed by atoms with Gasteiger partial charge in [0.2, 0.25) is 0 Å². The Bertz CT molecular complexity index is 496. The van der Waals surface area contributed by atoms with Gasteiger partial charge in [-0.25, -0.2) is 4.39 Å². The monoisotopic (exact) mass is 235 g/mol. The smallest absolute Gasteiger partial charge is 0.141 e. The molecule has 0 bridgehead atoms. The zero-order chi connectivity index (χ0) is 12.3. The Labute approximate surface area is 98.7 Å². The number of aromatic nitrogens is 4. The maximum Gasteiger partial charge on any atom is 0.141 e. The molecule has 0 aliphatic carbocycles. The maximum atomic E-state index is 13.2. The number of aryl methyl sites for hydroxylation is 1. The predicted octanol–water partition coefficient (Wildman–Crippen LogP) is 1.05. The first-order valence-corrected chi connectivity index (χ1v) is 5.40. The Morgan fingerprint density at radius 3 is 2.82 bits per heavy atom. The second-order valence-electron chi connectivity index (χ2n) is 3.71. The highest BCUT2D eigenvalue weighted by atomic mass is 19.1.